The van der Waals surface area contributed by atoms with Gasteiger partial charge >= 0.3 is 11.9 Å². The molecule has 2 saturated heterocycles. The minimum Gasteiger partial charge on any atom is -0.462 e. The van der Waals surface area contributed by atoms with Gasteiger partial charge in [0.05, 0.1) is 37.6 Å². The van der Waals surface area contributed by atoms with E-state index in [0.717, 1.165) is 37.9 Å². The number of aliphatic hydroxyl groups excluding tert-OH is 5. The Balaban J connectivity index is 1.15. The molecular weight excluding hydrogens is 650 g/mol. The van der Waals surface area contributed by atoms with E-state index in [1.807, 2.05) is 13.0 Å². The zero-order valence-corrected chi connectivity index (χ0v) is 28.8. The number of hydrogen-bond acceptors (Lipinski definition) is 13. The lowest BCUT2D eigenvalue weighted by Gasteiger charge is -2.60. The average molecular weight is 702 g/mol. The second kappa shape index (κ2) is 15.0. The molecule has 5 aliphatic rings. The maximum absolute atomic E-state index is 13.5. The first-order valence-corrected chi connectivity index (χ1v) is 17.7. The van der Waals surface area contributed by atoms with Crippen LogP contribution in [0.25, 0.3) is 0 Å². The molecule has 13 heteroatoms. The Hall–Kier alpha value is -2.88. The fourth-order valence-corrected chi connectivity index (χ4v) is 9.21. The van der Waals surface area contributed by atoms with Crippen molar-refractivity contribution >= 4 is 11.9 Å². The van der Waals surface area contributed by atoms with E-state index in [0.29, 0.717) is 31.6 Å². The first-order valence-electron chi connectivity index (χ1n) is 17.7. The lowest BCUT2D eigenvalue weighted by molar-refractivity contribution is -0.277. The number of hydrogen-bond donors (Lipinski definition) is 5. The second-order valence-electron chi connectivity index (χ2n) is 14.9. The van der Waals surface area contributed by atoms with Crippen molar-refractivity contribution in [3.8, 4) is 5.75 Å². The predicted octanol–water partition coefficient (Wildman–Crippen LogP) is 1.35. The highest BCUT2D eigenvalue weighted by atomic mass is 16.7. The number of ether oxygens (including phenoxy) is 5. The Kier molecular flexibility index (Phi) is 11.1. The smallest absolute Gasteiger partial charge is 0.338 e. The Morgan fingerprint density at radius 3 is 2.42 bits per heavy atom. The van der Waals surface area contributed by atoms with Gasteiger partial charge in [-0.05, 0) is 79.7 Å². The molecule has 1 aromatic carbocycles. The molecule has 0 aromatic heterocycles. The highest BCUT2D eigenvalue weighted by Crippen LogP contribution is 2.62. The summed E-state index contributed by atoms with van der Waals surface area (Å²) >= 11 is 0. The first kappa shape index (κ1) is 36.9. The van der Waals surface area contributed by atoms with Gasteiger partial charge in [-0.3, -0.25) is 4.90 Å². The normalized spacial score (nSPS) is 38.5. The van der Waals surface area contributed by atoms with Gasteiger partial charge in [-0.2, -0.15) is 0 Å². The number of carbonyl (C=O) groups excluding carboxylic acids is 2. The lowest BCUT2D eigenvalue weighted by atomic mass is 9.46. The van der Waals surface area contributed by atoms with Gasteiger partial charge in [0.15, 0.2) is 0 Å². The number of cyclic esters (lactones) is 1. The quantitative estimate of drug-likeness (QED) is 0.174. The van der Waals surface area contributed by atoms with Gasteiger partial charge in [0.25, 0.3) is 0 Å². The fraction of sp³-hybridized carbons (Fsp3) is 0.676. The summed E-state index contributed by atoms with van der Waals surface area (Å²) in [6.45, 7) is 11.0. The Morgan fingerprint density at radius 1 is 1.06 bits per heavy atom. The van der Waals surface area contributed by atoms with Crippen molar-refractivity contribution in [2.24, 2.45) is 22.7 Å². The SMILES string of the molecule is C=C1CCC2C(C)(CO)C(OC(=O)c3ccc(OC4OC(CO)C(O)C(O)C4O)cc3)CCC2(C)C1CC(C1=CCOC1=O)N1CCOCC1. The van der Waals surface area contributed by atoms with Gasteiger partial charge < -0.3 is 49.2 Å². The molecule has 5 N–H and O–H groups in total. The molecule has 0 bridgehead atoms. The molecule has 13 nitrogen and oxygen atoms in total. The molecule has 2 aliphatic carbocycles. The van der Waals surface area contributed by atoms with E-state index in [9.17, 15) is 35.1 Å². The van der Waals surface area contributed by atoms with Crippen LogP contribution >= 0.6 is 0 Å². The van der Waals surface area contributed by atoms with Gasteiger partial charge in [0.2, 0.25) is 6.29 Å². The number of morpholine rings is 1. The molecule has 4 fully saturated rings. The van der Waals surface area contributed by atoms with Gasteiger partial charge in [0, 0.05) is 24.5 Å². The molecule has 3 heterocycles. The minimum atomic E-state index is -1.58. The van der Waals surface area contributed by atoms with Crippen LogP contribution in [0.1, 0.15) is 56.3 Å². The van der Waals surface area contributed by atoms with Crippen LogP contribution in [0.3, 0.4) is 0 Å². The van der Waals surface area contributed by atoms with E-state index >= 15 is 0 Å². The van der Waals surface area contributed by atoms with E-state index in [1.165, 1.54) is 24.3 Å². The average Bonchev–Trinajstić information content (AvgIpc) is 3.55. The standard InChI is InChI=1S/C37H51NO12/c1-21-4-9-28-36(2,25(21)18-26(24-11-15-47-34(24)45)38-13-16-46-17-14-38)12-10-29(37(28,3)20-40)50-33(44)22-5-7-23(8-6-22)48-35-32(43)31(42)30(41)27(19-39)49-35/h5-8,11,25-32,35,39-43H,1,4,9-10,12-20H2,2-3H3. The summed E-state index contributed by atoms with van der Waals surface area (Å²) in [7, 11) is 0. The maximum Gasteiger partial charge on any atom is 0.338 e. The summed E-state index contributed by atoms with van der Waals surface area (Å²) in [6, 6.07) is 5.90. The van der Waals surface area contributed by atoms with Crippen molar-refractivity contribution in [1.29, 1.82) is 0 Å². The zero-order valence-electron chi connectivity index (χ0n) is 28.8. The maximum atomic E-state index is 13.5. The summed E-state index contributed by atoms with van der Waals surface area (Å²) in [6.07, 6.45) is -2.19. The van der Waals surface area contributed by atoms with Crippen LogP contribution in [0, 0.1) is 22.7 Å². The number of fused-ring (bicyclic) bond motifs is 1. The Labute approximate surface area is 292 Å². The predicted molar refractivity (Wildman–Crippen MR) is 178 cm³/mol. The van der Waals surface area contributed by atoms with Gasteiger partial charge in [0.1, 0.15) is 42.9 Å². The molecule has 0 radical (unpaired) electrons. The molecule has 50 heavy (non-hydrogen) atoms. The first-order chi connectivity index (χ1) is 23.9. The highest BCUT2D eigenvalue weighted by molar-refractivity contribution is 5.92. The second-order valence-corrected chi connectivity index (χ2v) is 14.9. The number of rotatable bonds is 10. The van der Waals surface area contributed by atoms with Crippen LogP contribution in [0.5, 0.6) is 5.75 Å². The van der Waals surface area contributed by atoms with Crippen molar-refractivity contribution < 1.29 is 58.8 Å². The molecule has 0 amide bonds. The molecule has 0 spiro atoms. The van der Waals surface area contributed by atoms with E-state index < -0.39 is 54.8 Å². The molecule has 11 unspecified atom stereocenters. The van der Waals surface area contributed by atoms with Crippen LogP contribution < -0.4 is 4.74 Å². The Morgan fingerprint density at radius 2 is 1.78 bits per heavy atom. The van der Waals surface area contributed by atoms with Crippen molar-refractivity contribution in [2.75, 3.05) is 46.1 Å². The van der Waals surface area contributed by atoms with Gasteiger partial charge in [-0.15, -0.1) is 0 Å². The van der Waals surface area contributed by atoms with E-state index in [-0.39, 0.29) is 53.8 Å². The topological polar surface area (TPSA) is 185 Å². The third kappa shape index (κ3) is 6.86. The van der Waals surface area contributed by atoms with E-state index in [1.54, 1.807) is 0 Å². The molecule has 3 aliphatic heterocycles. The lowest BCUT2D eigenvalue weighted by Crippen LogP contribution is -2.60. The van der Waals surface area contributed by atoms with Gasteiger partial charge in [-0.1, -0.05) is 26.0 Å². The fourth-order valence-electron chi connectivity index (χ4n) is 9.21. The Bertz CT molecular complexity index is 1430. The van der Waals surface area contributed by atoms with Crippen LogP contribution in [0.4, 0.5) is 0 Å². The molecule has 1 aromatic rings. The molecule has 2 saturated carbocycles. The summed E-state index contributed by atoms with van der Waals surface area (Å²) in [5, 5.41) is 50.8. The number of carbonyl (C=O) groups is 2. The summed E-state index contributed by atoms with van der Waals surface area (Å²) in [5.41, 5.74) is 1.12. The minimum absolute atomic E-state index is 0.0196. The van der Waals surface area contributed by atoms with E-state index in [2.05, 4.69) is 18.4 Å². The largest absolute Gasteiger partial charge is 0.462 e. The summed E-state index contributed by atoms with van der Waals surface area (Å²) in [5.74, 6) is -0.499. The van der Waals surface area contributed by atoms with Crippen molar-refractivity contribution in [3.63, 3.8) is 0 Å². The number of allylic oxidation sites excluding steroid dienone is 1. The van der Waals surface area contributed by atoms with Crippen molar-refractivity contribution in [2.45, 2.75) is 88.8 Å². The van der Waals surface area contributed by atoms with Crippen LogP contribution in [0.2, 0.25) is 0 Å². The molecule has 6 rings (SSSR count). The monoisotopic (exact) mass is 701 g/mol. The van der Waals surface area contributed by atoms with Crippen LogP contribution in [-0.2, 0) is 23.7 Å². The number of esters is 2. The number of nitrogens with zero attached hydrogens (tertiary/aromatic N) is 1. The van der Waals surface area contributed by atoms with Gasteiger partial charge in [-0.25, -0.2) is 9.59 Å². The number of benzene rings is 1. The van der Waals surface area contributed by atoms with Crippen molar-refractivity contribution in [1.82, 2.24) is 4.90 Å². The third-order valence-electron chi connectivity index (χ3n) is 12.2. The molecular formula is C37H51NO12. The molecule has 276 valence electrons. The zero-order chi connectivity index (χ0) is 35.8. The summed E-state index contributed by atoms with van der Waals surface area (Å²) in [4.78, 5) is 28.7. The third-order valence-corrected chi connectivity index (χ3v) is 12.2. The van der Waals surface area contributed by atoms with Crippen LogP contribution in [-0.4, -0.2) is 131 Å². The van der Waals surface area contributed by atoms with Crippen LogP contribution in [0.15, 0.2) is 48.1 Å². The number of aliphatic hydroxyl groups is 5. The summed E-state index contributed by atoms with van der Waals surface area (Å²) < 4.78 is 28.2. The van der Waals surface area contributed by atoms with E-state index in [4.69, 9.17) is 23.7 Å². The molecule has 11 atom stereocenters. The highest BCUT2D eigenvalue weighted by Gasteiger charge is 2.59. The van der Waals surface area contributed by atoms with Crippen molar-refractivity contribution in [3.05, 3.63) is 53.6 Å².